The molecule has 0 aliphatic carbocycles. The third-order valence-electron chi connectivity index (χ3n) is 2.08. The molecule has 1 aromatic carbocycles. The smallest absolute Gasteiger partial charge is 0.335 e. The summed E-state index contributed by atoms with van der Waals surface area (Å²) in [5.41, 5.74) is 3.34. The second-order valence-electron chi connectivity index (χ2n) is 3.75. The van der Waals surface area contributed by atoms with Gasteiger partial charge in [-0.05, 0) is 30.7 Å². The Bertz CT molecular complexity index is 485. The molecule has 19 heavy (non-hydrogen) atoms. The summed E-state index contributed by atoms with van der Waals surface area (Å²) in [5, 5.41) is 13.2. The third-order valence-corrected chi connectivity index (χ3v) is 2.94. The molecular weight excluding hydrogens is 270 g/mol. The van der Waals surface area contributed by atoms with Gasteiger partial charge in [-0.3, -0.25) is 5.84 Å². The monoisotopic (exact) mass is 289 g/mol. The van der Waals surface area contributed by atoms with E-state index in [0.29, 0.717) is 12.1 Å². The van der Waals surface area contributed by atoms with E-state index >= 15 is 0 Å². The number of benzene rings is 1. The summed E-state index contributed by atoms with van der Waals surface area (Å²) < 4.78 is 20.3. The molecule has 0 aliphatic heterocycles. The van der Waals surface area contributed by atoms with Crippen LogP contribution in [0.15, 0.2) is 24.3 Å². The van der Waals surface area contributed by atoms with Crippen LogP contribution in [0.4, 0.5) is 5.69 Å². The molecule has 0 unspecified atom stereocenters. The Hall–Kier alpha value is -1.64. The predicted octanol–water partition coefficient (Wildman–Crippen LogP) is 0.745. The third kappa shape index (κ3) is 9.00. The van der Waals surface area contributed by atoms with Crippen molar-refractivity contribution in [3.05, 3.63) is 29.8 Å². The van der Waals surface area contributed by atoms with Crippen LogP contribution in [0.3, 0.4) is 0 Å². The van der Waals surface area contributed by atoms with E-state index < -0.39 is 16.0 Å². The molecule has 0 saturated carbocycles. The van der Waals surface area contributed by atoms with Gasteiger partial charge in [-0.25, -0.2) is 18.4 Å². The Kier molecular flexibility index (Phi) is 7.73. The van der Waals surface area contributed by atoms with Crippen LogP contribution < -0.4 is 16.4 Å². The van der Waals surface area contributed by atoms with Gasteiger partial charge in [-0.2, -0.15) is 0 Å². The van der Waals surface area contributed by atoms with Crippen LogP contribution in [0.1, 0.15) is 30.1 Å². The van der Waals surface area contributed by atoms with E-state index in [4.69, 9.17) is 16.1 Å². The zero-order valence-electron chi connectivity index (χ0n) is 10.7. The molecule has 8 heteroatoms. The lowest BCUT2D eigenvalue weighted by atomic mass is 10.2. The molecule has 0 heterocycles. The Morgan fingerprint density at radius 3 is 2.11 bits per heavy atom. The number of anilines is 1. The number of carboxylic acids is 1. The maximum absolute atomic E-state index is 10.3. The summed E-state index contributed by atoms with van der Waals surface area (Å²) in [6.45, 7) is 1.92. The minimum Gasteiger partial charge on any atom is -0.478 e. The first kappa shape index (κ1) is 17.4. The normalized spacial score (nSPS) is 10.3. The van der Waals surface area contributed by atoms with Crippen molar-refractivity contribution in [2.45, 2.75) is 19.8 Å². The van der Waals surface area contributed by atoms with Crippen LogP contribution in [0.5, 0.6) is 0 Å². The van der Waals surface area contributed by atoms with E-state index in [0.717, 1.165) is 6.42 Å². The molecule has 1 aromatic rings. The summed E-state index contributed by atoms with van der Waals surface area (Å²) in [6, 6.07) is 6.17. The molecule has 0 bridgehead atoms. The highest BCUT2D eigenvalue weighted by atomic mass is 32.2. The number of unbranched alkanes of at least 4 members (excludes halogenated alkanes) is 1. The lowest BCUT2D eigenvalue weighted by molar-refractivity contribution is 0.0697. The highest BCUT2D eigenvalue weighted by Gasteiger charge is 1.99. The number of hydrogen-bond acceptors (Lipinski definition) is 5. The largest absolute Gasteiger partial charge is 0.478 e. The van der Waals surface area contributed by atoms with E-state index in [1.54, 1.807) is 12.1 Å². The molecule has 0 amide bonds. The minimum absolute atomic E-state index is 0.115. The van der Waals surface area contributed by atoms with Gasteiger partial charge in [0.2, 0.25) is 10.0 Å². The van der Waals surface area contributed by atoms with Crippen molar-refractivity contribution in [1.82, 2.24) is 0 Å². The van der Waals surface area contributed by atoms with Crippen LogP contribution in [0.25, 0.3) is 0 Å². The summed E-state index contributed by atoms with van der Waals surface area (Å²) in [7, 11) is -3.19. The molecule has 1 rings (SSSR count). The number of carboxylic acid groups (broad SMARTS) is 1. The highest BCUT2D eigenvalue weighted by Crippen LogP contribution is 2.07. The Morgan fingerprint density at radius 1 is 1.32 bits per heavy atom. The molecular formula is C11H19N3O4S. The van der Waals surface area contributed by atoms with Crippen LogP contribution in [0.2, 0.25) is 0 Å². The molecule has 0 radical (unpaired) electrons. The number of nitrogen functional groups attached to an aromatic ring is 1. The van der Waals surface area contributed by atoms with Gasteiger partial charge in [0, 0.05) is 5.69 Å². The van der Waals surface area contributed by atoms with Crippen molar-refractivity contribution in [1.29, 1.82) is 0 Å². The van der Waals surface area contributed by atoms with Crippen molar-refractivity contribution in [2.24, 2.45) is 11.0 Å². The standard InChI is InChI=1S/C7H8N2O2.C4H11NO2S/c8-9-6-3-1-5(2-4-6)7(10)11;1-2-3-4-8(5,6)7/h1-4,9H,8H2,(H,10,11);2-4H2,1H3,(H2,5,6,7). The number of rotatable bonds is 5. The maximum atomic E-state index is 10.3. The van der Waals surface area contributed by atoms with Crippen LogP contribution in [0, 0.1) is 0 Å². The van der Waals surface area contributed by atoms with Gasteiger partial charge in [0.25, 0.3) is 0 Å². The van der Waals surface area contributed by atoms with E-state index in [1.165, 1.54) is 12.1 Å². The molecule has 0 spiro atoms. The first-order valence-corrected chi connectivity index (χ1v) is 7.32. The average molecular weight is 289 g/mol. The fourth-order valence-electron chi connectivity index (χ4n) is 1.05. The van der Waals surface area contributed by atoms with Crippen LogP contribution in [-0.2, 0) is 10.0 Å². The lowest BCUT2D eigenvalue weighted by Crippen LogP contribution is -2.15. The molecule has 0 saturated heterocycles. The van der Waals surface area contributed by atoms with Crippen molar-refractivity contribution in [2.75, 3.05) is 11.2 Å². The van der Waals surface area contributed by atoms with Gasteiger partial charge in [0.1, 0.15) is 0 Å². The topological polar surface area (TPSA) is 136 Å². The highest BCUT2D eigenvalue weighted by molar-refractivity contribution is 7.89. The van der Waals surface area contributed by atoms with E-state index in [2.05, 4.69) is 5.43 Å². The summed E-state index contributed by atoms with van der Waals surface area (Å²) in [5.74, 6) is 4.26. The van der Waals surface area contributed by atoms with Crippen molar-refractivity contribution in [3.8, 4) is 0 Å². The number of sulfonamides is 1. The molecule has 6 N–H and O–H groups in total. The maximum Gasteiger partial charge on any atom is 0.335 e. The average Bonchev–Trinajstić information content (AvgIpc) is 2.36. The zero-order chi connectivity index (χ0) is 14.9. The SMILES string of the molecule is CCCCS(N)(=O)=O.NNc1ccc(C(=O)O)cc1. The first-order valence-electron chi connectivity index (χ1n) is 5.60. The number of carbonyl (C=O) groups is 1. The number of hydrazine groups is 1. The lowest BCUT2D eigenvalue weighted by Gasteiger charge is -1.98. The quantitative estimate of drug-likeness (QED) is 0.466. The fourth-order valence-corrected chi connectivity index (χ4v) is 1.75. The van der Waals surface area contributed by atoms with Gasteiger partial charge in [0.05, 0.1) is 11.3 Å². The van der Waals surface area contributed by atoms with Crippen molar-refractivity contribution in [3.63, 3.8) is 0 Å². The Labute approximate surface area is 112 Å². The number of primary sulfonamides is 1. The number of nitrogens with one attached hydrogen (secondary N) is 1. The van der Waals surface area contributed by atoms with Gasteiger partial charge in [-0.15, -0.1) is 0 Å². The second kappa shape index (κ2) is 8.46. The van der Waals surface area contributed by atoms with Crippen molar-refractivity contribution < 1.29 is 18.3 Å². The van der Waals surface area contributed by atoms with Crippen LogP contribution >= 0.6 is 0 Å². The Balaban J connectivity index is 0.000000362. The predicted molar refractivity (Wildman–Crippen MR) is 74.1 cm³/mol. The molecule has 7 nitrogen and oxygen atoms in total. The molecule has 108 valence electrons. The molecule has 0 atom stereocenters. The second-order valence-corrected chi connectivity index (χ2v) is 5.48. The van der Waals surface area contributed by atoms with E-state index in [9.17, 15) is 13.2 Å². The van der Waals surface area contributed by atoms with E-state index in [-0.39, 0.29) is 11.3 Å². The first-order chi connectivity index (χ1) is 8.80. The summed E-state index contributed by atoms with van der Waals surface area (Å²) in [4.78, 5) is 10.3. The van der Waals surface area contributed by atoms with Gasteiger partial charge < -0.3 is 10.5 Å². The molecule has 0 aliphatic rings. The fraction of sp³-hybridized carbons (Fsp3) is 0.364. The van der Waals surface area contributed by atoms with Gasteiger partial charge in [0.15, 0.2) is 0 Å². The van der Waals surface area contributed by atoms with Crippen LogP contribution in [-0.4, -0.2) is 25.2 Å². The Morgan fingerprint density at radius 2 is 1.84 bits per heavy atom. The van der Waals surface area contributed by atoms with E-state index in [1.807, 2.05) is 6.92 Å². The van der Waals surface area contributed by atoms with Gasteiger partial charge in [-0.1, -0.05) is 13.3 Å². The summed E-state index contributed by atoms with van der Waals surface area (Å²) in [6.07, 6.45) is 1.54. The minimum atomic E-state index is -3.19. The molecule has 0 fully saturated rings. The van der Waals surface area contributed by atoms with Crippen molar-refractivity contribution >= 4 is 21.7 Å². The summed E-state index contributed by atoms with van der Waals surface area (Å²) >= 11 is 0. The number of nitrogens with two attached hydrogens (primary N) is 2. The molecule has 0 aromatic heterocycles. The number of aromatic carboxylic acids is 1. The van der Waals surface area contributed by atoms with Gasteiger partial charge >= 0.3 is 5.97 Å². The number of hydrogen-bond donors (Lipinski definition) is 4. The zero-order valence-corrected chi connectivity index (χ0v) is 11.5.